The minimum atomic E-state index is -0.484. The first-order valence-electron chi connectivity index (χ1n) is 7.43. The smallest absolute Gasteiger partial charge is 0.410 e. The molecule has 0 spiro atoms. The van der Waals surface area contributed by atoms with E-state index in [-0.39, 0.29) is 17.9 Å². The quantitative estimate of drug-likeness (QED) is 0.764. The molecule has 0 radical (unpaired) electrons. The van der Waals surface area contributed by atoms with Gasteiger partial charge in [0.15, 0.2) is 0 Å². The van der Waals surface area contributed by atoms with Crippen LogP contribution in [0.1, 0.15) is 26.3 Å². The van der Waals surface area contributed by atoms with Crippen molar-refractivity contribution >= 4 is 22.0 Å². The maximum absolute atomic E-state index is 12.1. The van der Waals surface area contributed by atoms with Crippen molar-refractivity contribution in [2.45, 2.75) is 31.8 Å². The average Bonchev–Trinajstić information content (AvgIpc) is 2.81. The zero-order valence-electron chi connectivity index (χ0n) is 13.0. The van der Waals surface area contributed by atoms with Crippen molar-refractivity contribution in [3.63, 3.8) is 0 Å². The molecule has 2 fully saturated rings. The van der Waals surface area contributed by atoms with Crippen molar-refractivity contribution in [3.05, 3.63) is 34.3 Å². The molecule has 2 aliphatic rings. The molecule has 1 saturated heterocycles. The largest absolute Gasteiger partial charge is 0.444 e. The molecule has 1 saturated carbocycles. The van der Waals surface area contributed by atoms with Gasteiger partial charge in [-0.15, -0.1) is 0 Å². The van der Waals surface area contributed by atoms with Crippen LogP contribution in [-0.4, -0.2) is 29.7 Å². The average molecular weight is 363 g/mol. The van der Waals surface area contributed by atoms with Gasteiger partial charge < -0.3 is 9.64 Å². The summed E-state index contributed by atoms with van der Waals surface area (Å²) in [4.78, 5) is 13.9. The summed E-state index contributed by atoms with van der Waals surface area (Å²) < 4.78 is 6.42. The lowest BCUT2D eigenvalue weighted by Crippen LogP contribution is -2.38. The van der Waals surface area contributed by atoms with Crippen molar-refractivity contribution in [2.24, 2.45) is 11.8 Å². The zero-order chi connectivity index (χ0) is 16.1. The summed E-state index contributed by atoms with van der Waals surface area (Å²) in [5.41, 5.74) is 0.137. The van der Waals surface area contributed by atoms with Crippen LogP contribution in [-0.2, 0) is 10.2 Å². The Kier molecular flexibility index (Phi) is 3.48. The summed E-state index contributed by atoms with van der Waals surface area (Å²) in [6, 6.07) is 10.4. The third kappa shape index (κ3) is 2.40. The number of fused-ring (bicyclic) bond motifs is 1. The van der Waals surface area contributed by atoms with Gasteiger partial charge in [-0.3, -0.25) is 0 Å². The molecular formula is C17H19BrN2O2. The van der Waals surface area contributed by atoms with Crippen LogP contribution < -0.4 is 0 Å². The van der Waals surface area contributed by atoms with Crippen molar-refractivity contribution < 1.29 is 9.53 Å². The van der Waals surface area contributed by atoms with Crippen molar-refractivity contribution in [1.29, 1.82) is 5.26 Å². The Morgan fingerprint density at radius 2 is 1.86 bits per heavy atom. The molecule has 0 aromatic heterocycles. The highest BCUT2D eigenvalue weighted by molar-refractivity contribution is 9.10. The van der Waals surface area contributed by atoms with E-state index in [4.69, 9.17) is 4.74 Å². The molecule has 3 atom stereocenters. The van der Waals surface area contributed by atoms with Crippen molar-refractivity contribution in [1.82, 2.24) is 4.90 Å². The normalized spacial score (nSPS) is 29.7. The topological polar surface area (TPSA) is 53.3 Å². The van der Waals surface area contributed by atoms with Gasteiger partial charge in [-0.1, -0.05) is 28.1 Å². The lowest BCUT2D eigenvalue weighted by molar-refractivity contribution is 0.0266. The third-order valence-corrected chi connectivity index (χ3v) is 5.07. The molecule has 1 aromatic rings. The van der Waals surface area contributed by atoms with E-state index < -0.39 is 11.0 Å². The number of nitrogens with zero attached hydrogens (tertiary/aromatic N) is 2. The molecule has 116 valence electrons. The van der Waals surface area contributed by atoms with Crippen molar-refractivity contribution in [3.8, 4) is 6.07 Å². The molecular weight excluding hydrogens is 344 g/mol. The van der Waals surface area contributed by atoms with Crippen LogP contribution in [0.15, 0.2) is 28.7 Å². The van der Waals surface area contributed by atoms with E-state index in [1.165, 1.54) is 0 Å². The first-order valence-corrected chi connectivity index (χ1v) is 8.22. The molecule has 1 aliphatic carbocycles. The number of benzene rings is 1. The van der Waals surface area contributed by atoms with Gasteiger partial charge in [0.05, 0.1) is 11.5 Å². The first kappa shape index (κ1) is 15.4. The zero-order valence-corrected chi connectivity index (χ0v) is 14.6. The molecule has 1 aliphatic heterocycles. The molecule has 5 heteroatoms. The number of carbonyl (C=O) groups is 1. The number of amides is 1. The van der Waals surface area contributed by atoms with E-state index in [1.807, 2.05) is 45.0 Å². The van der Waals surface area contributed by atoms with E-state index in [2.05, 4.69) is 22.0 Å². The summed E-state index contributed by atoms with van der Waals surface area (Å²) in [6.07, 6.45) is -0.276. The van der Waals surface area contributed by atoms with E-state index >= 15 is 0 Å². The molecule has 1 aromatic carbocycles. The van der Waals surface area contributed by atoms with Gasteiger partial charge >= 0.3 is 6.09 Å². The standard InChI is InChI=1S/C17H19BrN2O2/c1-16(2,3)22-15(21)20-8-13-14(9-20)17(13,10-19)11-4-6-12(18)7-5-11/h4-7,13-14H,8-9H2,1-3H3/t13-,14+,17?. The highest BCUT2D eigenvalue weighted by Crippen LogP contribution is 2.63. The van der Waals surface area contributed by atoms with Gasteiger partial charge in [0, 0.05) is 29.4 Å². The van der Waals surface area contributed by atoms with Gasteiger partial charge in [0.25, 0.3) is 0 Å². The second kappa shape index (κ2) is 4.99. The minimum absolute atomic E-state index is 0.214. The van der Waals surface area contributed by atoms with Gasteiger partial charge in [-0.2, -0.15) is 5.26 Å². The number of carbonyl (C=O) groups excluding carboxylic acids is 1. The predicted molar refractivity (Wildman–Crippen MR) is 86.2 cm³/mol. The maximum atomic E-state index is 12.1. The number of piperidine rings is 1. The number of rotatable bonds is 1. The fourth-order valence-electron chi connectivity index (χ4n) is 3.49. The fraction of sp³-hybridized carbons (Fsp3) is 0.529. The van der Waals surface area contributed by atoms with Crippen LogP contribution in [0.2, 0.25) is 0 Å². The number of likely N-dealkylation sites (tertiary alicyclic amines) is 1. The van der Waals surface area contributed by atoms with Crippen LogP contribution >= 0.6 is 15.9 Å². The van der Waals surface area contributed by atoms with Gasteiger partial charge in [0.2, 0.25) is 0 Å². The van der Waals surface area contributed by atoms with E-state index in [0.717, 1.165) is 10.0 Å². The Morgan fingerprint density at radius 3 is 2.32 bits per heavy atom. The summed E-state index contributed by atoms with van der Waals surface area (Å²) in [5, 5.41) is 9.70. The number of hydrogen-bond donors (Lipinski definition) is 0. The second-order valence-corrected chi connectivity index (χ2v) is 8.00. The molecule has 1 unspecified atom stereocenters. The van der Waals surface area contributed by atoms with Gasteiger partial charge in [-0.25, -0.2) is 4.79 Å². The van der Waals surface area contributed by atoms with Crippen LogP contribution in [0, 0.1) is 23.2 Å². The molecule has 22 heavy (non-hydrogen) atoms. The molecule has 3 rings (SSSR count). The van der Waals surface area contributed by atoms with Crippen LogP contribution in [0.3, 0.4) is 0 Å². The first-order chi connectivity index (χ1) is 10.3. The summed E-state index contributed by atoms with van der Waals surface area (Å²) >= 11 is 3.42. The minimum Gasteiger partial charge on any atom is -0.444 e. The molecule has 0 N–H and O–H groups in total. The number of hydrogen-bond acceptors (Lipinski definition) is 3. The van der Waals surface area contributed by atoms with Gasteiger partial charge in [-0.05, 0) is 38.5 Å². The summed E-state index contributed by atoms with van der Waals surface area (Å²) in [5.74, 6) is 0.428. The van der Waals surface area contributed by atoms with Crippen molar-refractivity contribution in [2.75, 3.05) is 13.1 Å². The maximum Gasteiger partial charge on any atom is 0.410 e. The number of nitriles is 1. The van der Waals surface area contributed by atoms with E-state index in [9.17, 15) is 10.1 Å². The lowest BCUT2D eigenvalue weighted by Gasteiger charge is -2.27. The van der Waals surface area contributed by atoms with Crippen LogP contribution in [0.25, 0.3) is 0 Å². The molecule has 4 nitrogen and oxygen atoms in total. The van der Waals surface area contributed by atoms with Gasteiger partial charge in [0.1, 0.15) is 5.60 Å². The SMILES string of the molecule is CC(C)(C)OC(=O)N1C[C@@H]2[C@H](C1)C2(C#N)c1ccc(Br)cc1. The Labute approximate surface area is 139 Å². The Hall–Kier alpha value is -1.54. The monoisotopic (exact) mass is 362 g/mol. The summed E-state index contributed by atoms with van der Waals surface area (Å²) in [7, 11) is 0. The lowest BCUT2D eigenvalue weighted by atomic mass is 9.92. The summed E-state index contributed by atoms with van der Waals surface area (Å²) in [6.45, 7) is 6.79. The third-order valence-electron chi connectivity index (χ3n) is 4.54. The molecule has 1 amide bonds. The fourth-order valence-corrected chi connectivity index (χ4v) is 3.75. The Bertz CT molecular complexity index is 630. The molecule has 1 heterocycles. The van der Waals surface area contributed by atoms with E-state index in [0.29, 0.717) is 13.1 Å². The van der Waals surface area contributed by atoms with Crippen LogP contribution in [0.5, 0.6) is 0 Å². The highest BCUT2D eigenvalue weighted by Gasteiger charge is 2.70. The number of halogens is 1. The highest BCUT2D eigenvalue weighted by atomic mass is 79.9. The predicted octanol–water partition coefficient (Wildman–Crippen LogP) is 3.71. The molecule has 0 bridgehead atoms. The number of ether oxygens (including phenoxy) is 1. The Balaban J connectivity index is 1.72. The Morgan fingerprint density at radius 1 is 1.32 bits per heavy atom. The van der Waals surface area contributed by atoms with Crippen LogP contribution in [0.4, 0.5) is 4.79 Å². The van der Waals surface area contributed by atoms with E-state index in [1.54, 1.807) is 4.90 Å². The second-order valence-electron chi connectivity index (χ2n) is 7.09.